The number of aryl methyl sites for hydroxylation is 1. The van der Waals surface area contributed by atoms with E-state index >= 15 is 0 Å². The number of nitrogens with zero attached hydrogens (tertiary/aromatic N) is 2. The Hall–Kier alpha value is -1.09. The molecule has 3 heteroatoms. The first-order chi connectivity index (χ1) is 7.36. The lowest BCUT2D eigenvalue weighted by molar-refractivity contribution is 0.703. The molecule has 1 aliphatic heterocycles. The number of aromatic nitrogens is 2. The number of rotatable bonds is 2. The monoisotopic (exact) mass is 205 g/mol. The summed E-state index contributed by atoms with van der Waals surface area (Å²) in [5.41, 5.74) is 1.59. The predicted molar refractivity (Wildman–Crippen MR) is 61.7 cm³/mol. The topological polar surface area (TPSA) is 29.9 Å². The Labute approximate surface area is 91.2 Å². The van der Waals surface area contributed by atoms with Crippen molar-refractivity contribution in [1.29, 1.82) is 0 Å². The first-order valence-electron chi connectivity index (χ1n) is 5.71. The lowest BCUT2D eigenvalue weighted by atomic mass is 10.1. The van der Waals surface area contributed by atoms with Crippen molar-refractivity contribution in [3.63, 3.8) is 0 Å². The number of hydrogen-bond acceptors (Lipinski definition) is 2. The fourth-order valence-electron chi connectivity index (χ4n) is 1.97. The van der Waals surface area contributed by atoms with Crippen LogP contribution >= 0.6 is 0 Å². The maximum atomic E-state index is 4.33. The summed E-state index contributed by atoms with van der Waals surface area (Å²) in [6, 6.07) is 0. The first-order valence-corrected chi connectivity index (χ1v) is 5.71. The molecule has 0 saturated carbocycles. The second kappa shape index (κ2) is 5.12. The fourth-order valence-corrected chi connectivity index (χ4v) is 1.97. The van der Waals surface area contributed by atoms with Gasteiger partial charge in [-0.3, -0.25) is 0 Å². The van der Waals surface area contributed by atoms with Crippen LogP contribution in [0.25, 0.3) is 0 Å². The molecule has 1 saturated heterocycles. The van der Waals surface area contributed by atoms with E-state index in [-0.39, 0.29) is 0 Å². The molecule has 82 valence electrons. The standard InChI is InChI=1S/C12H19N3/c1-15-10-9-14-12(15)5-4-11-3-2-7-13-8-6-11/h4,9-10,13H,2-3,5-8H2,1H3/b11-4-. The SMILES string of the molecule is Cn1ccnc1C/C=C1/CCCNCC1. The lowest BCUT2D eigenvalue weighted by Crippen LogP contribution is -2.13. The van der Waals surface area contributed by atoms with Crippen LogP contribution in [0.5, 0.6) is 0 Å². The molecular weight excluding hydrogens is 186 g/mol. The lowest BCUT2D eigenvalue weighted by Gasteiger charge is -2.02. The van der Waals surface area contributed by atoms with Gasteiger partial charge in [-0.05, 0) is 32.4 Å². The summed E-state index contributed by atoms with van der Waals surface area (Å²) in [6.45, 7) is 2.30. The van der Waals surface area contributed by atoms with E-state index < -0.39 is 0 Å². The van der Waals surface area contributed by atoms with E-state index in [1.54, 1.807) is 5.57 Å². The van der Waals surface area contributed by atoms with Crippen molar-refractivity contribution in [3.8, 4) is 0 Å². The highest BCUT2D eigenvalue weighted by molar-refractivity contribution is 5.08. The third-order valence-electron chi connectivity index (χ3n) is 2.97. The molecule has 0 aromatic carbocycles. The summed E-state index contributed by atoms with van der Waals surface area (Å²) in [5.74, 6) is 1.15. The van der Waals surface area contributed by atoms with Crippen molar-refractivity contribution in [2.75, 3.05) is 13.1 Å². The minimum absolute atomic E-state index is 0.971. The zero-order valence-electron chi connectivity index (χ0n) is 9.37. The summed E-state index contributed by atoms with van der Waals surface area (Å²) in [5, 5.41) is 3.42. The minimum Gasteiger partial charge on any atom is -0.338 e. The summed E-state index contributed by atoms with van der Waals surface area (Å²) >= 11 is 0. The van der Waals surface area contributed by atoms with Crippen molar-refractivity contribution >= 4 is 0 Å². The van der Waals surface area contributed by atoms with Gasteiger partial charge in [-0.25, -0.2) is 4.98 Å². The highest BCUT2D eigenvalue weighted by Gasteiger charge is 2.03. The van der Waals surface area contributed by atoms with Gasteiger partial charge in [-0.1, -0.05) is 11.6 Å². The molecule has 0 radical (unpaired) electrons. The fraction of sp³-hybridized carbons (Fsp3) is 0.583. The van der Waals surface area contributed by atoms with Gasteiger partial charge in [0.2, 0.25) is 0 Å². The molecule has 1 aliphatic rings. The molecule has 0 unspecified atom stereocenters. The van der Waals surface area contributed by atoms with Gasteiger partial charge in [0.25, 0.3) is 0 Å². The minimum atomic E-state index is 0.971. The molecule has 2 heterocycles. The summed E-state index contributed by atoms with van der Waals surface area (Å²) in [6.07, 6.45) is 10.9. The number of nitrogens with one attached hydrogen (secondary N) is 1. The van der Waals surface area contributed by atoms with Gasteiger partial charge in [0.15, 0.2) is 0 Å². The molecule has 15 heavy (non-hydrogen) atoms. The zero-order chi connectivity index (χ0) is 10.5. The number of hydrogen-bond donors (Lipinski definition) is 1. The van der Waals surface area contributed by atoms with Gasteiger partial charge in [-0.15, -0.1) is 0 Å². The van der Waals surface area contributed by atoms with Crippen LogP contribution in [-0.4, -0.2) is 22.6 Å². The van der Waals surface area contributed by atoms with Gasteiger partial charge < -0.3 is 9.88 Å². The Morgan fingerprint density at radius 3 is 3.20 bits per heavy atom. The van der Waals surface area contributed by atoms with Crippen LogP contribution in [0, 0.1) is 0 Å². The van der Waals surface area contributed by atoms with E-state index in [1.165, 1.54) is 25.8 Å². The van der Waals surface area contributed by atoms with Crippen molar-refractivity contribution in [2.45, 2.75) is 25.7 Å². The van der Waals surface area contributed by atoms with Crippen molar-refractivity contribution < 1.29 is 0 Å². The number of imidazole rings is 1. The molecular formula is C12H19N3. The van der Waals surface area contributed by atoms with Crippen LogP contribution in [0.4, 0.5) is 0 Å². The summed E-state index contributed by atoms with van der Waals surface area (Å²) in [4.78, 5) is 4.33. The molecule has 0 aliphatic carbocycles. The van der Waals surface area contributed by atoms with Crippen LogP contribution in [0.2, 0.25) is 0 Å². The second-order valence-electron chi connectivity index (χ2n) is 4.12. The van der Waals surface area contributed by atoms with Gasteiger partial charge >= 0.3 is 0 Å². The van der Waals surface area contributed by atoms with Gasteiger partial charge in [0.1, 0.15) is 5.82 Å². The molecule has 0 atom stereocenters. The third-order valence-corrected chi connectivity index (χ3v) is 2.97. The molecule has 1 N–H and O–H groups in total. The second-order valence-corrected chi connectivity index (χ2v) is 4.12. The van der Waals surface area contributed by atoms with Crippen LogP contribution in [0.1, 0.15) is 25.1 Å². The van der Waals surface area contributed by atoms with Crippen molar-refractivity contribution in [2.24, 2.45) is 7.05 Å². The van der Waals surface area contributed by atoms with Gasteiger partial charge in [0, 0.05) is 25.9 Å². The molecule has 0 spiro atoms. The third kappa shape index (κ3) is 2.93. The number of allylic oxidation sites excluding steroid dienone is 1. The first kappa shape index (κ1) is 10.4. The highest BCUT2D eigenvalue weighted by Crippen LogP contribution is 2.13. The maximum Gasteiger partial charge on any atom is 0.112 e. The van der Waals surface area contributed by atoms with Gasteiger partial charge in [-0.2, -0.15) is 0 Å². The van der Waals surface area contributed by atoms with E-state index in [2.05, 4.69) is 28.0 Å². The Kier molecular flexibility index (Phi) is 3.56. The van der Waals surface area contributed by atoms with Crippen LogP contribution in [-0.2, 0) is 13.5 Å². The highest BCUT2D eigenvalue weighted by atomic mass is 15.0. The van der Waals surface area contributed by atoms with Crippen molar-refractivity contribution in [3.05, 3.63) is 29.9 Å². The van der Waals surface area contributed by atoms with E-state index in [4.69, 9.17) is 0 Å². The molecule has 1 aromatic heterocycles. The predicted octanol–water partition coefficient (Wildman–Crippen LogP) is 1.66. The molecule has 1 fully saturated rings. The Bertz CT molecular complexity index is 328. The zero-order valence-corrected chi connectivity index (χ0v) is 9.37. The molecule has 1 aromatic rings. The van der Waals surface area contributed by atoms with E-state index in [9.17, 15) is 0 Å². The van der Waals surface area contributed by atoms with E-state index in [0.717, 1.165) is 18.8 Å². The van der Waals surface area contributed by atoms with E-state index in [1.807, 2.05) is 12.4 Å². The average molecular weight is 205 g/mol. The largest absolute Gasteiger partial charge is 0.338 e. The van der Waals surface area contributed by atoms with Crippen LogP contribution < -0.4 is 5.32 Å². The summed E-state index contributed by atoms with van der Waals surface area (Å²) in [7, 11) is 2.05. The summed E-state index contributed by atoms with van der Waals surface area (Å²) < 4.78 is 2.09. The maximum absolute atomic E-state index is 4.33. The molecule has 2 rings (SSSR count). The van der Waals surface area contributed by atoms with Crippen molar-refractivity contribution in [1.82, 2.24) is 14.9 Å². The Balaban J connectivity index is 1.95. The quantitative estimate of drug-likeness (QED) is 0.744. The van der Waals surface area contributed by atoms with E-state index in [0.29, 0.717) is 0 Å². The van der Waals surface area contributed by atoms with Gasteiger partial charge in [0.05, 0.1) is 0 Å². The van der Waals surface area contributed by atoms with Crippen LogP contribution in [0.15, 0.2) is 24.0 Å². The normalized spacial score (nSPS) is 20.5. The molecule has 0 amide bonds. The average Bonchev–Trinajstić information content (AvgIpc) is 2.53. The smallest absolute Gasteiger partial charge is 0.112 e. The van der Waals surface area contributed by atoms with Crippen LogP contribution in [0.3, 0.4) is 0 Å². The molecule has 3 nitrogen and oxygen atoms in total. The Morgan fingerprint density at radius 1 is 1.47 bits per heavy atom. The molecule has 0 bridgehead atoms. The Morgan fingerprint density at radius 2 is 2.40 bits per heavy atom.